The predicted octanol–water partition coefficient (Wildman–Crippen LogP) is 3.66. The number of carbonyl (C=O) groups excluding carboxylic acids is 1. The van der Waals surface area contributed by atoms with E-state index in [1.165, 1.54) is 19.3 Å². The molecule has 0 atom stereocenters. The van der Waals surface area contributed by atoms with E-state index in [0.29, 0.717) is 19.1 Å². The minimum atomic E-state index is -0.205. The molecule has 7 nitrogen and oxygen atoms in total. The van der Waals surface area contributed by atoms with Gasteiger partial charge in [-0.05, 0) is 25.0 Å². The Morgan fingerprint density at radius 2 is 2.07 bits per heavy atom. The van der Waals surface area contributed by atoms with Gasteiger partial charge in [0.1, 0.15) is 5.75 Å². The third-order valence-corrected chi connectivity index (χ3v) is 4.91. The SMILES string of the molecule is COCCn1c(-c2cccc(OC)c2)cnc1NC(=O)NC1CCCCC1. The lowest BCUT2D eigenvalue weighted by atomic mass is 9.96. The van der Waals surface area contributed by atoms with Crippen LogP contribution in [0.15, 0.2) is 30.5 Å². The fourth-order valence-electron chi connectivity index (χ4n) is 3.47. The van der Waals surface area contributed by atoms with Crippen molar-refractivity contribution in [1.82, 2.24) is 14.9 Å². The van der Waals surface area contributed by atoms with Crippen LogP contribution in [0.2, 0.25) is 0 Å². The number of nitrogens with one attached hydrogen (secondary N) is 2. The summed E-state index contributed by atoms with van der Waals surface area (Å²) in [7, 11) is 3.30. The molecule has 1 aromatic carbocycles. The van der Waals surface area contributed by atoms with Gasteiger partial charge in [0.05, 0.1) is 25.6 Å². The van der Waals surface area contributed by atoms with Crippen LogP contribution in [0.3, 0.4) is 0 Å². The number of nitrogens with zero attached hydrogens (tertiary/aromatic N) is 2. The number of benzene rings is 1. The molecule has 0 spiro atoms. The van der Waals surface area contributed by atoms with Crippen molar-refractivity contribution in [2.24, 2.45) is 0 Å². The van der Waals surface area contributed by atoms with Gasteiger partial charge in [0.25, 0.3) is 0 Å². The number of rotatable bonds is 7. The number of anilines is 1. The zero-order valence-electron chi connectivity index (χ0n) is 16.0. The fourth-order valence-corrected chi connectivity index (χ4v) is 3.47. The summed E-state index contributed by atoms with van der Waals surface area (Å²) < 4.78 is 12.5. The molecule has 2 N–H and O–H groups in total. The van der Waals surface area contributed by atoms with Gasteiger partial charge in [0.15, 0.2) is 0 Å². The highest BCUT2D eigenvalue weighted by molar-refractivity contribution is 5.88. The van der Waals surface area contributed by atoms with E-state index < -0.39 is 0 Å². The Morgan fingerprint density at radius 1 is 1.26 bits per heavy atom. The largest absolute Gasteiger partial charge is 0.497 e. The molecule has 1 heterocycles. The lowest BCUT2D eigenvalue weighted by Gasteiger charge is -2.23. The summed E-state index contributed by atoms with van der Waals surface area (Å²) in [5.74, 6) is 1.29. The normalized spacial score (nSPS) is 14.7. The number of carbonyl (C=O) groups is 1. The van der Waals surface area contributed by atoms with Crippen molar-refractivity contribution in [1.29, 1.82) is 0 Å². The monoisotopic (exact) mass is 372 g/mol. The van der Waals surface area contributed by atoms with Crippen LogP contribution in [0, 0.1) is 0 Å². The van der Waals surface area contributed by atoms with Gasteiger partial charge in [-0.3, -0.25) is 5.32 Å². The van der Waals surface area contributed by atoms with E-state index in [0.717, 1.165) is 29.8 Å². The molecule has 0 unspecified atom stereocenters. The molecule has 1 aliphatic rings. The van der Waals surface area contributed by atoms with Crippen molar-refractivity contribution in [3.8, 4) is 17.0 Å². The summed E-state index contributed by atoms with van der Waals surface area (Å²) in [6.07, 6.45) is 7.45. The van der Waals surface area contributed by atoms with Crippen molar-refractivity contribution < 1.29 is 14.3 Å². The molecular weight excluding hydrogens is 344 g/mol. The number of ether oxygens (including phenoxy) is 2. The third kappa shape index (κ3) is 5.01. The molecule has 146 valence electrons. The molecule has 0 saturated heterocycles. The molecule has 0 aliphatic heterocycles. The number of methoxy groups -OCH3 is 2. The van der Waals surface area contributed by atoms with Gasteiger partial charge < -0.3 is 19.4 Å². The first kappa shape index (κ1) is 19.2. The summed E-state index contributed by atoms with van der Waals surface area (Å²) >= 11 is 0. The van der Waals surface area contributed by atoms with Crippen LogP contribution < -0.4 is 15.4 Å². The molecule has 2 aromatic rings. The molecule has 27 heavy (non-hydrogen) atoms. The van der Waals surface area contributed by atoms with Gasteiger partial charge in [-0.15, -0.1) is 0 Å². The van der Waals surface area contributed by atoms with Crippen LogP contribution in [0.4, 0.5) is 10.7 Å². The highest BCUT2D eigenvalue weighted by Crippen LogP contribution is 2.26. The van der Waals surface area contributed by atoms with Crippen molar-refractivity contribution >= 4 is 12.0 Å². The summed E-state index contributed by atoms with van der Waals surface area (Å²) in [4.78, 5) is 16.9. The second kappa shape index (κ2) is 9.41. The summed E-state index contributed by atoms with van der Waals surface area (Å²) in [5, 5.41) is 5.96. The first-order valence-corrected chi connectivity index (χ1v) is 9.47. The highest BCUT2D eigenvalue weighted by atomic mass is 16.5. The lowest BCUT2D eigenvalue weighted by molar-refractivity contribution is 0.188. The second-order valence-corrected chi connectivity index (χ2v) is 6.78. The Bertz CT molecular complexity index is 753. The zero-order valence-corrected chi connectivity index (χ0v) is 16.0. The maximum atomic E-state index is 12.4. The Balaban J connectivity index is 1.77. The molecule has 1 aliphatic carbocycles. The van der Waals surface area contributed by atoms with Gasteiger partial charge >= 0.3 is 6.03 Å². The molecular formula is C20H28N4O3. The van der Waals surface area contributed by atoms with E-state index in [1.807, 2.05) is 28.8 Å². The van der Waals surface area contributed by atoms with Gasteiger partial charge in [0.2, 0.25) is 5.95 Å². The smallest absolute Gasteiger partial charge is 0.321 e. The van der Waals surface area contributed by atoms with Crippen LogP contribution in [0.25, 0.3) is 11.3 Å². The Labute approximate surface area is 160 Å². The highest BCUT2D eigenvalue weighted by Gasteiger charge is 2.18. The van der Waals surface area contributed by atoms with Crippen LogP contribution in [-0.4, -0.2) is 42.5 Å². The first-order chi connectivity index (χ1) is 13.2. The predicted molar refractivity (Wildman–Crippen MR) is 105 cm³/mol. The quantitative estimate of drug-likeness (QED) is 0.778. The third-order valence-electron chi connectivity index (χ3n) is 4.91. The Morgan fingerprint density at radius 3 is 2.81 bits per heavy atom. The molecule has 1 fully saturated rings. The van der Waals surface area contributed by atoms with Gasteiger partial charge in [-0.25, -0.2) is 9.78 Å². The minimum Gasteiger partial charge on any atom is -0.497 e. The van der Waals surface area contributed by atoms with Crippen LogP contribution in [0.1, 0.15) is 32.1 Å². The van der Waals surface area contributed by atoms with Crippen molar-refractivity contribution in [3.63, 3.8) is 0 Å². The maximum Gasteiger partial charge on any atom is 0.321 e. The average Bonchev–Trinajstić information content (AvgIpc) is 3.09. The maximum absolute atomic E-state index is 12.4. The van der Waals surface area contributed by atoms with Crippen molar-refractivity contribution in [2.75, 3.05) is 26.1 Å². The fraction of sp³-hybridized carbons (Fsp3) is 0.500. The topological polar surface area (TPSA) is 77.4 Å². The molecule has 2 amide bonds. The molecule has 3 rings (SSSR count). The van der Waals surface area contributed by atoms with E-state index >= 15 is 0 Å². The Kier molecular flexibility index (Phi) is 6.70. The van der Waals surface area contributed by atoms with E-state index in [1.54, 1.807) is 20.4 Å². The first-order valence-electron chi connectivity index (χ1n) is 9.47. The number of amides is 2. The van der Waals surface area contributed by atoms with E-state index in [9.17, 15) is 4.79 Å². The molecule has 0 radical (unpaired) electrons. The molecule has 1 aromatic heterocycles. The zero-order chi connectivity index (χ0) is 19.1. The van der Waals surface area contributed by atoms with Gasteiger partial charge in [0, 0.05) is 25.3 Å². The number of hydrogen-bond donors (Lipinski definition) is 2. The van der Waals surface area contributed by atoms with E-state index in [-0.39, 0.29) is 12.1 Å². The van der Waals surface area contributed by atoms with Gasteiger partial charge in [-0.1, -0.05) is 31.4 Å². The standard InChI is InChI=1S/C20H28N4O3/c1-26-12-11-24-18(15-7-6-10-17(13-15)27-2)14-21-19(24)23-20(25)22-16-8-4-3-5-9-16/h6-7,10,13-14,16H,3-5,8-9,11-12H2,1-2H3,(H2,21,22,23,25). The van der Waals surface area contributed by atoms with E-state index in [2.05, 4.69) is 15.6 Å². The van der Waals surface area contributed by atoms with Crippen LogP contribution in [0.5, 0.6) is 5.75 Å². The summed E-state index contributed by atoms with van der Waals surface area (Å²) in [6.45, 7) is 1.11. The molecule has 0 bridgehead atoms. The van der Waals surface area contributed by atoms with Crippen LogP contribution >= 0.6 is 0 Å². The number of urea groups is 1. The average molecular weight is 372 g/mol. The van der Waals surface area contributed by atoms with E-state index in [4.69, 9.17) is 9.47 Å². The summed E-state index contributed by atoms with van der Waals surface area (Å²) in [6, 6.07) is 7.82. The number of hydrogen-bond acceptors (Lipinski definition) is 4. The summed E-state index contributed by atoms with van der Waals surface area (Å²) in [5.41, 5.74) is 1.87. The van der Waals surface area contributed by atoms with Crippen LogP contribution in [-0.2, 0) is 11.3 Å². The number of aromatic nitrogens is 2. The molecule has 1 saturated carbocycles. The minimum absolute atomic E-state index is 0.205. The second-order valence-electron chi connectivity index (χ2n) is 6.78. The number of imidazole rings is 1. The molecule has 7 heteroatoms. The van der Waals surface area contributed by atoms with Gasteiger partial charge in [-0.2, -0.15) is 0 Å². The lowest BCUT2D eigenvalue weighted by Crippen LogP contribution is -2.39. The van der Waals surface area contributed by atoms with Crippen molar-refractivity contribution in [2.45, 2.75) is 44.7 Å². The Hall–Kier alpha value is -2.54. The van der Waals surface area contributed by atoms with Crippen molar-refractivity contribution in [3.05, 3.63) is 30.5 Å².